The van der Waals surface area contributed by atoms with Crippen molar-refractivity contribution in [2.45, 2.75) is 6.92 Å². The summed E-state index contributed by atoms with van der Waals surface area (Å²) in [5, 5.41) is 3.08. The molecule has 2 heterocycles. The first-order chi connectivity index (χ1) is 12.6. The van der Waals surface area contributed by atoms with Crippen LogP contribution in [0.3, 0.4) is 0 Å². The summed E-state index contributed by atoms with van der Waals surface area (Å²) in [5.74, 6) is 0.277. The minimum atomic E-state index is -0.455. The number of carbonyl (C=O) groups is 2. The molecule has 0 saturated carbocycles. The molecule has 1 aromatic carbocycles. The third kappa shape index (κ3) is 3.97. The summed E-state index contributed by atoms with van der Waals surface area (Å²) in [7, 11) is 1.33. The van der Waals surface area contributed by atoms with Gasteiger partial charge < -0.3 is 19.7 Å². The lowest BCUT2D eigenvalue weighted by Crippen LogP contribution is -2.41. The van der Waals surface area contributed by atoms with Gasteiger partial charge in [-0.05, 0) is 19.1 Å². The number of methoxy groups -OCH3 is 1. The highest BCUT2D eigenvalue weighted by molar-refractivity contribution is 5.97. The van der Waals surface area contributed by atoms with E-state index in [-0.39, 0.29) is 5.91 Å². The lowest BCUT2D eigenvalue weighted by atomic mass is 10.2. The number of morpholine rings is 1. The van der Waals surface area contributed by atoms with Gasteiger partial charge in [0.1, 0.15) is 17.3 Å². The van der Waals surface area contributed by atoms with Crippen LogP contribution in [0.5, 0.6) is 0 Å². The van der Waals surface area contributed by atoms with Gasteiger partial charge in [0.05, 0.1) is 31.6 Å². The summed E-state index contributed by atoms with van der Waals surface area (Å²) < 4.78 is 10.1. The van der Waals surface area contributed by atoms with E-state index in [0.717, 1.165) is 0 Å². The van der Waals surface area contributed by atoms with E-state index in [1.165, 1.54) is 7.11 Å². The average molecular weight is 356 g/mol. The normalized spacial score (nSPS) is 14.0. The number of para-hydroxylation sites is 1. The maximum Gasteiger partial charge on any atom is 0.339 e. The molecule has 8 heteroatoms. The molecule has 0 radical (unpaired) electrons. The Morgan fingerprint density at radius 1 is 1.19 bits per heavy atom. The molecular weight excluding hydrogens is 336 g/mol. The minimum Gasteiger partial charge on any atom is -0.465 e. The van der Waals surface area contributed by atoms with Crippen LogP contribution in [0.4, 0.5) is 11.5 Å². The van der Waals surface area contributed by atoms with Crippen LogP contribution in [0.2, 0.25) is 0 Å². The van der Waals surface area contributed by atoms with E-state index in [2.05, 4.69) is 15.3 Å². The Labute approximate surface area is 151 Å². The second-order valence-electron chi connectivity index (χ2n) is 5.75. The zero-order valence-corrected chi connectivity index (χ0v) is 14.7. The number of ether oxygens (including phenoxy) is 2. The van der Waals surface area contributed by atoms with Gasteiger partial charge in [0, 0.05) is 19.2 Å². The summed E-state index contributed by atoms with van der Waals surface area (Å²) in [6, 6.07) is 8.52. The van der Waals surface area contributed by atoms with E-state index in [1.807, 2.05) is 0 Å². The number of benzene rings is 1. The first-order valence-electron chi connectivity index (χ1n) is 8.25. The monoisotopic (exact) mass is 356 g/mol. The van der Waals surface area contributed by atoms with Crippen LogP contribution < -0.4 is 5.32 Å². The molecule has 136 valence electrons. The van der Waals surface area contributed by atoms with Gasteiger partial charge in [0.25, 0.3) is 5.91 Å². The molecule has 1 N–H and O–H groups in total. The third-order valence-electron chi connectivity index (χ3n) is 3.95. The fourth-order valence-corrected chi connectivity index (χ4v) is 2.69. The number of rotatable bonds is 4. The minimum absolute atomic E-state index is 0.164. The van der Waals surface area contributed by atoms with Gasteiger partial charge in [0.2, 0.25) is 0 Å². The number of amides is 1. The predicted octanol–water partition coefficient (Wildman–Crippen LogP) is 1.79. The van der Waals surface area contributed by atoms with Crippen molar-refractivity contribution >= 4 is 23.4 Å². The van der Waals surface area contributed by atoms with Gasteiger partial charge in [-0.2, -0.15) is 0 Å². The van der Waals surface area contributed by atoms with Gasteiger partial charge >= 0.3 is 5.97 Å². The van der Waals surface area contributed by atoms with Crippen molar-refractivity contribution in [2.24, 2.45) is 0 Å². The van der Waals surface area contributed by atoms with Crippen LogP contribution in [0.25, 0.3) is 0 Å². The highest BCUT2D eigenvalue weighted by Crippen LogP contribution is 2.21. The summed E-state index contributed by atoms with van der Waals surface area (Å²) in [4.78, 5) is 34.8. The molecule has 1 saturated heterocycles. The third-order valence-corrected chi connectivity index (χ3v) is 3.95. The molecule has 0 bridgehead atoms. The van der Waals surface area contributed by atoms with Crippen LogP contribution in [-0.4, -0.2) is 60.2 Å². The van der Waals surface area contributed by atoms with E-state index in [1.54, 1.807) is 42.2 Å². The number of aromatic nitrogens is 2. The van der Waals surface area contributed by atoms with E-state index in [9.17, 15) is 9.59 Å². The number of hydrogen-bond acceptors (Lipinski definition) is 7. The fraction of sp³-hybridized carbons (Fsp3) is 0.333. The Morgan fingerprint density at radius 2 is 1.92 bits per heavy atom. The SMILES string of the molecule is COC(=O)c1ccccc1Nc1cc(C(=O)N2CCOCC2)nc(C)n1. The Morgan fingerprint density at radius 3 is 2.65 bits per heavy atom. The molecule has 0 unspecified atom stereocenters. The van der Waals surface area contributed by atoms with Crippen LogP contribution in [-0.2, 0) is 9.47 Å². The average Bonchev–Trinajstić information content (AvgIpc) is 2.67. The number of aryl methyl sites for hydroxylation is 1. The van der Waals surface area contributed by atoms with Crippen molar-refractivity contribution < 1.29 is 19.1 Å². The highest BCUT2D eigenvalue weighted by atomic mass is 16.5. The molecular formula is C18H20N4O4. The summed E-state index contributed by atoms with van der Waals surface area (Å²) >= 11 is 0. The summed E-state index contributed by atoms with van der Waals surface area (Å²) in [5.41, 5.74) is 1.23. The zero-order valence-electron chi connectivity index (χ0n) is 14.7. The Hall–Kier alpha value is -3.00. The van der Waals surface area contributed by atoms with Crippen LogP contribution in [0.1, 0.15) is 26.7 Å². The molecule has 8 nitrogen and oxygen atoms in total. The molecule has 26 heavy (non-hydrogen) atoms. The maximum atomic E-state index is 12.7. The molecule has 0 spiro atoms. The summed E-state index contributed by atoms with van der Waals surface area (Å²) in [6.45, 7) is 3.83. The topological polar surface area (TPSA) is 93.7 Å². The van der Waals surface area contributed by atoms with E-state index >= 15 is 0 Å². The summed E-state index contributed by atoms with van der Waals surface area (Å²) in [6.07, 6.45) is 0. The predicted molar refractivity (Wildman–Crippen MR) is 94.6 cm³/mol. The lowest BCUT2D eigenvalue weighted by molar-refractivity contribution is 0.0298. The van der Waals surface area contributed by atoms with Crippen LogP contribution >= 0.6 is 0 Å². The lowest BCUT2D eigenvalue weighted by Gasteiger charge is -2.26. The molecule has 1 aromatic heterocycles. The fourth-order valence-electron chi connectivity index (χ4n) is 2.69. The van der Waals surface area contributed by atoms with Gasteiger partial charge in [-0.25, -0.2) is 14.8 Å². The molecule has 0 aliphatic carbocycles. The second kappa shape index (κ2) is 7.92. The van der Waals surface area contributed by atoms with Gasteiger partial charge in [0.15, 0.2) is 0 Å². The first kappa shape index (κ1) is 17.8. The Kier molecular flexibility index (Phi) is 5.43. The number of carbonyl (C=O) groups excluding carboxylic acids is 2. The van der Waals surface area contributed by atoms with Gasteiger partial charge in [-0.15, -0.1) is 0 Å². The largest absolute Gasteiger partial charge is 0.465 e. The van der Waals surface area contributed by atoms with E-state index < -0.39 is 5.97 Å². The molecule has 1 aliphatic rings. The smallest absolute Gasteiger partial charge is 0.339 e. The molecule has 0 atom stereocenters. The van der Waals surface area contributed by atoms with Crippen molar-refractivity contribution in [3.63, 3.8) is 0 Å². The molecule has 2 aromatic rings. The maximum absolute atomic E-state index is 12.7. The first-order valence-corrected chi connectivity index (χ1v) is 8.25. The second-order valence-corrected chi connectivity index (χ2v) is 5.75. The van der Waals surface area contributed by atoms with Crippen LogP contribution in [0, 0.1) is 6.92 Å². The Bertz CT molecular complexity index is 819. The zero-order chi connectivity index (χ0) is 18.5. The van der Waals surface area contributed by atoms with Crippen molar-refractivity contribution in [3.8, 4) is 0 Å². The van der Waals surface area contributed by atoms with Crippen molar-refractivity contribution in [3.05, 3.63) is 47.4 Å². The highest BCUT2D eigenvalue weighted by Gasteiger charge is 2.21. The van der Waals surface area contributed by atoms with Crippen LogP contribution in [0.15, 0.2) is 30.3 Å². The van der Waals surface area contributed by atoms with Gasteiger partial charge in [-0.3, -0.25) is 4.79 Å². The van der Waals surface area contributed by atoms with Gasteiger partial charge in [-0.1, -0.05) is 12.1 Å². The quantitative estimate of drug-likeness (QED) is 0.835. The molecule has 3 rings (SSSR count). The van der Waals surface area contributed by atoms with E-state index in [4.69, 9.17) is 9.47 Å². The molecule has 1 fully saturated rings. The van der Waals surface area contributed by atoms with E-state index in [0.29, 0.717) is 54.9 Å². The Balaban J connectivity index is 1.87. The van der Waals surface area contributed by atoms with Crippen molar-refractivity contribution in [1.29, 1.82) is 0 Å². The van der Waals surface area contributed by atoms with Crippen molar-refractivity contribution in [2.75, 3.05) is 38.7 Å². The molecule has 1 amide bonds. The van der Waals surface area contributed by atoms with Crippen molar-refractivity contribution in [1.82, 2.24) is 14.9 Å². The number of nitrogens with one attached hydrogen (secondary N) is 1. The number of anilines is 2. The number of esters is 1. The number of hydrogen-bond donors (Lipinski definition) is 1. The number of nitrogens with zero attached hydrogens (tertiary/aromatic N) is 3. The molecule has 1 aliphatic heterocycles. The standard InChI is InChI=1S/C18H20N4O4/c1-12-19-15(17(23)22-7-9-26-10-8-22)11-16(20-12)21-14-6-4-3-5-13(14)18(24)25-2/h3-6,11H,7-10H2,1-2H3,(H,19,20,21).